The minimum Gasteiger partial charge on any atom is -0.480 e. The van der Waals surface area contributed by atoms with Gasteiger partial charge in [0.15, 0.2) is 0 Å². The van der Waals surface area contributed by atoms with Gasteiger partial charge in [0.05, 0.1) is 0 Å². The van der Waals surface area contributed by atoms with E-state index >= 15 is 0 Å². The lowest BCUT2D eigenvalue weighted by molar-refractivity contribution is -0.141. The van der Waals surface area contributed by atoms with Crippen LogP contribution in [0.2, 0.25) is 10.0 Å². The Balaban J connectivity index is 2.83. The molecule has 0 aromatic heterocycles. The highest BCUT2D eigenvalue weighted by molar-refractivity contribution is 6.36. The van der Waals surface area contributed by atoms with Crippen LogP contribution in [0.5, 0.6) is 0 Å². The molecule has 0 saturated carbocycles. The van der Waals surface area contributed by atoms with Gasteiger partial charge >= 0.3 is 5.97 Å². The molecule has 6 heteroatoms. The van der Waals surface area contributed by atoms with E-state index < -0.39 is 12.0 Å². The summed E-state index contributed by atoms with van der Waals surface area (Å²) in [5.41, 5.74) is 0.521. The number of hydrogen-bond acceptors (Lipinski definition) is 2. The van der Waals surface area contributed by atoms with Gasteiger partial charge in [-0.25, -0.2) is 4.79 Å². The second-order valence-electron chi connectivity index (χ2n) is 4.96. The largest absolute Gasteiger partial charge is 0.480 e. The van der Waals surface area contributed by atoms with Crippen LogP contribution in [0, 0.1) is 5.92 Å². The van der Waals surface area contributed by atoms with Gasteiger partial charge in [0.25, 0.3) is 0 Å². The second-order valence-corrected chi connectivity index (χ2v) is 5.78. The van der Waals surface area contributed by atoms with Crippen LogP contribution >= 0.6 is 23.2 Å². The Kier molecular flexibility index (Phi) is 6.30. The maximum absolute atomic E-state index is 11.7. The smallest absolute Gasteiger partial charge is 0.326 e. The molecule has 0 saturated heterocycles. The fourth-order valence-corrected chi connectivity index (χ4v) is 2.31. The first kappa shape index (κ1) is 16.8. The van der Waals surface area contributed by atoms with E-state index in [1.165, 1.54) is 0 Å². The van der Waals surface area contributed by atoms with Crippen LogP contribution in [0.1, 0.15) is 25.8 Å². The predicted molar refractivity (Wildman–Crippen MR) is 79.2 cm³/mol. The molecule has 4 nitrogen and oxygen atoms in total. The monoisotopic (exact) mass is 317 g/mol. The molecule has 0 aliphatic heterocycles. The van der Waals surface area contributed by atoms with Gasteiger partial charge in [-0.3, -0.25) is 4.79 Å². The predicted octanol–water partition coefficient (Wildman–Crippen LogP) is 3.15. The van der Waals surface area contributed by atoms with E-state index in [4.69, 9.17) is 23.2 Å². The van der Waals surface area contributed by atoms with Crippen molar-refractivity contribution >= 4 is 35.1 Å². The normalized spacial score (nSPS) is 12.2. The Labute approximate surface area is 128 Å². The topological polar surface area (TPSA) is 66.4 Å². The molecule has 20 heavy (non-hydrogen) atoms. The van der Waals surface area contributed by atoms with Gasteiger partial charge in [-0.15, -0.1) is 0 Å². The number of carboxylic acids is 1. The first-order chi connectivity index (χ1) is 9.31. The maximum Gasteiger partial charge on any atom is 0.326 e. The summed E-state index contributed by atoms with van der Waals surface area (Å²) in [6.45, 7) is 3.78. The van der Waals surface area contributed by atoms with Crippen LogP contribution in [0.3, 0.4) is 0 Å². The van der Waals surface area contributed by atoms with E-state index in [-0.39, 0.29) is 24.7 Å². The number of amides is 1. The molecule has 0 bridgehead atoms. The molecule has 2 N–H and O–H groups in total. The van der Waals surface area contributed by atoms with Gasteiger partial charge in [0.2, 0.25) is 5.91 Å². The lowest BCUT2D eigenvalue weighted by Gasteiger charge is -2.17. The van der Waals surface area contributed by atoms with Crippen molar-refractivity contribution in [2.45, 2.75) is 32.7 Å². The van der Waals surface area contributed by atoms with Gasteiger partial charge < -0.3 is 10.4 Å². The summed E-state index contributed by atoms with van der Waals surface area (Å²) in [4.78, 5) is 22.9. The number of benzene rings is 1. The van der Waals surface area contributed by atoms with Crippen LogP contribution in [0.4, 0.5) is 0 Å². The molecule has 1 amide bonds. The van der Waals surface area contributed by atoms with Crippen LogP contribution in [-0.4, -0.2) is 23.0 Å². The zero-order valence-corrected chi connectivity index (χ0v) is 12.8. The third kappa shape index (κ3) is 5.02. The van der Waals surface area contributed by atoms with Crippen molar-refractivity contribution < 1.29 is 14.7 Å². The summed E-state index contributed by atoms with van der Waals surface area (Å²) in [7, 11) is 0. The molecule has 0 unspecified atom stereocenters. The molecule has 0 spiro atoms. The van der Waals surface area contributed by atoms with Crippen LogP contribution < -0.4 is 5.32 Å². The van der Waals surface area contributed by atoms with Crippen LogP contribution in [-0.2, 0) is 16.0 Å². The summed E-state index contributed by atoms with van der Waals surface area (Å²) in [5, 5.41) is 12.5. The number of halogens is 2. The summed E-state index contributed by atoms with van der Waals surface area (Å²) in [6, 6.07) is 3.91. The molecule has 0 radical (unpaired) electrons. The first-order valence-electron chi connectivity index (χ1n) is 6.26. The lowest BCUT2D eigenvalue weighted by atomic mass is 10.0. The standard InChI is InChI=1S/C14H17Cl2NO3/c1-8(2)6-13(18)17-12(14(19)20)7-9-10(15)4-3-5-11(9)16/h3-5,8,12H,6-7H2,1-2H3,(H,17,18)(H,19,20)/t12-/m1/s1. The highest BCUT2D eigenvalue weighted by Crippen LogP contribution is 2.25. The SMILES string of the molecule is CC(C)CC(=O)N[C@H](Cc1c(Cl)cccc1Cl)C(=O)O. The van der Waals surface area contributed by atoms with Crippen LogP contribution in [0.15, 0.2) is 18.2 Å². The summed E-state index contributed by atoms with van der Waals surface area (Å²) in [5.74, 6) is -1.25. The maximum atomic E-state index is 11.7. The molecule has 110 valence electrons. The fraction of sp³-hybridized carbons (Fsp3) is 0.429. The minimum absolute atomic E-state index is 0.0532. The quantitative estimate of drug-likeness (QED) is 0.847. The van der Waals surface area contributed by atoms with E-state index in [1.54, 1.807) is 18.2 Å². The molecule has 0 aliphatic carbocycles. The first-order valence-corrected chi connectivity index (χ1v) is 7.02. The molecular weight excluding hydrogens is 301 g/mol. The highest BCUT2D eigenvalue weighted by Gasteiger charge is 2.23. The Morgan fingerprint density at radius 1 is 1.25 bits per heavy atom. The third-order valence-electron chi connectivity index (χ3n) is 2.70. The number of rotatable bonds is 6. The van der Waals surface area contributed by atoms with Crippen molar-refractivity contribution in [1.29, 1.82) is 0 Å². The molecule has 1 atom stereocenters. The molecule has 0 heterocycles. The zero-order chi connectivity index (χ0) is 15.3. The van der Waals surface area contributed by atoms with Gasteiger partial charge in [-0.2, -0.15) is 0 Å². The Morgan fingerprint density at radius 3 is 2.25 bits per heavy atom. The second kappa shape index (κ2) is 7.50. The summed E-state index contributed by atoms with van der Waals surface area (Å²) < 4.78 is 0. The van der Waals surface area contributed by atoms with E-state index in [1.807, 2.05) is 13.8 Å². The fourth-order valence-electron chi connectivity index (χ4n) is 1.76. The average molecular weight is 318 g/mol. The van der Waals surface area contributed by atoms with E-state index in [2.05, 4.69) is 5.32 Å². The Bertz CT molecular complexity index is 483. The molecule has 1 rings (SSSR count). The Morgan fingerprint density at radius 2 is 1.80 bits per heavy atom. The third-order valence-corrected chi connectivity index (χ3v) is 3.41. The number of hydrogen-bond donors (Lipinski definition) is 2. The number of aliphatic carboxylic acids is 1. The molecular formula is C14H17Cl2NO3. The number of nitrogens with one attached hydrogen (secondary N) is 1. The molecule has 1 aromatic carbocycles. The van der Waals surface area contributed by atoms with Crippen molar-refractivity contribution in [1.82, 2.24) is 5.32 Å². The average Bonchev–Trinajstić information content (AvgIpc) is 2.31. The summed E-state index contributed by atoms with van der Waals surface area (Å²) in [6.07, 6.45) is 0.331. The zero-order valence-electron chi connectivity index (χ0n) is 11.3. The van der Waals surface area contributed by atoms with Crippen molar-refractivity contribution in [3.63, 3.8) is 0 Å². The van der Waals surface area contributed by atoms with Gasteiger partial charge in [0, 0.05) is 22.9 Å². The van der Waals surface area contributed by atoms with Gasteiger partial charge in [-0.05, 0) is 23.6 Å². The number of carbonyl (C=O) groups excluding carboxylic acids is 1. The van der Waals surface area contributed by atoms with Gasteiger partial charge in [0.1, 0.15) is 6.04 Å². The lowest BCUT2D eigenvalue weighted by Crippen LogP contribution is -2.42. The van der Waals surface area contributed by atoms with Crippen LogP contribution in [0.25, 0.3) is 0 Å². The number of carboxylic acid groups (broad SMARTS) is 1. The van der Waals surface area contributed by atoms with Crippen molar-refractivity contribution in [3.8, 4) is 0 Å². The Hall–Kier alpha value is -1.26. The summed E-state index contributed by atoms with van der Waals surface area (Å²) >= 11 is 12.0. The van der Waals surface area contributed by atoms with E-state index in [0.29, 0.717) is 15.6 Å². The molecule has 1 aromatic rings. The van der Waals surface area contributed by atoms with Gasteiger partial charge in [-0.1, -0.05) is 43.1 Å². The van der Waals surface area contributed by atoms with Crippen molar-refractivity contribution in [3.05, 3.63) is 33.8 Å². The van der Waals surface area contributed by atoms with Crippen molar-refractivity contribution in [2.75, 3.05) is 0 Å². The molecule has 0 fully saturated rings. The van der Waals surface area contributed by atoms with E-state index in [9.17, 15) is 14.7 Å². The minimum atomic E-state index is -1.11. The molecule has 0 aliphatic rings. The number of carbonyl (C=O) groups is 2. The van der Waals surface area contributed by atoms with Crippen molar-refractivity contribution in [2.24, 2.45) is 5.92 Å². The van der Waals surface area contributed by atoms with E-state index in [0.717, 1.165) is 0 Å². The highest BCUT2D eigenvalue weighted by atomic mass is 35.5.